The lowest BCUT2D eigenvalue weighted by Crippen LogP contribution is -2.46. The fourth-order valence-electron chi connectivity index (χ4n) is 1.39. The van der Waals surface area contributed by atoms with Crippen LogP contribution < -0.4 is 5.84 Å². The van der Waals surface area contributed by atoms with Crippen molar-refractivity contribution in [2.75, 3.05) is 7.11 Å². The molecule has 0 radical (unpaired) electrons. The van der Waals surface area contributed by atoms with Gasteiger partial charge in [0.25, 0.3) is 10.0 Å². The minimum Gasteiger partial charge on any atom is -0.507 e. The molecule has 1 aromatic carbocycles. The third-order valence-corrected chi connectivity index (χ3v) is 4.02. The van der Waals surface area contributed by atoms with Gasteiger partial charge in [0.1, 0.15) is 16.9 Å². The molecule has 17 heavy (non-hydrogen) atoms. The van der Waals surface area contributed by atoms with E-state index in [0.717, 1.165) is 0 Å². The van der Waals surface area contributed by atoms with E-state index in [0.29, 0.717) is 10.8 Å². The maximum absolute atomic E-state index is 12.1. The van der Waals surface area contributed by atoms with Gasteiger partial charge in [-0.2, -0.15) is 0 Å². The van der Waals surface area contributed by atoms with Crippen molar-refractivity contribution in [3.63, 3.8) is 0 Å². The van der Waals surface area contributed by atoms with Gasteiger partial charge < -0.3 is 9.84 Å². The summed E-state index contributed by atoms with van der Waals surface area (Å²) in [5, 5.41) is 9.52. The first-order valence-corrected chi connectivity index (χ1v) is 6.49. The Morgan fingerprint density at radius 3 is 2.53 bits per heavy atom. The van der Waals surface area contributed by atoms with Crippen LogP contribution in [0.1, 0.15) is 13.3 Å². The van der Waals surface area contributed by atoms with Crippen molar-refractivity contribution in [2.24, 2.45) is 5.84 Å². The average Bonchev–Trinajstić information content (AvgIpc) is 2.30. The van der Waals surface area contributed by atoms with Gasteiger partial charge in [0.05, 0.1) is 0 Å². The van der Waals surface area contributed by atoms with Crippen LogP contribution in [0.2, 0.25) is 0 Å². The summed E-state index contributed by atoms with van der Waals surface area (Å²) in [6.07, 6.45) is -0.362. The van der Waals surface area contributed by atoms with Crippen molar-refractivity contribution in [3.8, 4) is 5.75 Å². The summed E-state index contributed by atoms with van der Waals surface area (Å²) in [6.45, 7) is 1.74. The van der Waals surface area contributed by atoms with E-state index in [1.54, 1.807) is 6.92 Å². The predicted molar refractivity (Wildman–Crippen MR) is 62.4 cm³/mol. The van der Waals surface area contributed by atoms with Crippen molar-refractivity contribution in [3.05, 3.63) is 24.3 Å². The van der Waals surface area contributed by atoms with Crippen LogP contribution in [0.4, 0.5) is 0 Å². The maximum Gasteiger partial charge on any atom is 0.261 e. The molecule has 0 spiro atoms. The van der Waals surface area contributed by atoms with Crippen LogP contribution in [0.5, 0.6) is 5.75 Å². The van der Waals surface area contributed by atoms with Crippen LogP contribution in [0.3, 0.4) is 0 Å². The molecule has 7 heteroatoms. The number of benzene rings is 1. The van der Waals surface area contributed by atoms with E-state index in [1.807, 2.05) is 0 Å². The van der Waals surface area contributed by atoms with Gasteiger partial charge >= 0.3 is 0 Å². The summed E-state index contributed by atoms with van der Waals surface area (Å²) >= 11 is 0. The first-order chi connectivity index (χ1) is 7.95. The number of methoxy groups -OCH3 is 1. The van der Waals surface area contributed by atoms with E-state index in [2.05, 4.69) is 0 Å². The number of aromatic hydroxyl groups is 1. The zero-order valence-electron chi connectivity index (χ0n) is 9.70. The molecule has 0 aliphatic rings. The van der Waals surface area contributed by atoms with E-state index in [1.165, 1.54) is 31.4 Å². The lowest BCUT2D eigenvalue weighted by molar-refractivity contribution is 0.0124. The lowest BCUT2D eigenvalue weighted by Gasteiger charge is -2.24. The van der Waals surface area contributed by atoms with Crippen LogP contribution in [-0.4, -0.2) is 31.3 Å². The van der Waals surface area contributed by atoms with Gasteiger partial charge in [-0.15, -0.1) is 4.41 Å². The van der Waals surface area contributed by atoms with E-state index in [-0.39, 0.29) is 10.6 Å². The van der Waals surface area contributed by atoms with Gasteiger partial charge in [-0.3, -0.25) is 5.84 Å². The van der Waals surface area contributed by atoms with Crippen LogP contribution >= 0.6 is 0 Å². The minimum atomic E-state index is -3.96. The highest BCUT2D eigenvalue weighted by atomic mass is 32.2. The molecule has 3 N–H and O–H groups in total. The summed E-state index contributed by atoms with van der Waals surface area (Å²) in [6, 6.07) is 5.61. The molecule has 1 unspecified atom stereocenters. The molecule has 0 aliphatic heterocycles. The van der Waals surface area contributed by atoms with Crippen molar-refractivity contribution >= 4 is 10.0 Å². The van der Waals surface area contributed by atoms with Crippen LogP contribution in [0.15, 0.2) is 29.2 Å². The van der Waals surface area contributed by atoms with E-state index >= 15 is 0 Å². The standard InChI is InChI=1S/C10H16N2O4S/c1-3-10(16-2)12(11)17(14,15)9-7-5-4-6-8(9)13/h4-7,10,13H,3,11H2,1-2H3. The van der Waals surface area contributed by atoms with Crippen LogP contribution in [0, 0.1) is 0 Å². The Kier molecular flexibility index (Phi) is 4.47. The van der Waals surface area contributed by atoms with Crippen LogP contribution in [0.25, 0.3) is 0 Å². The van der Waals surface area contributed by atoms with Gasteiger partial charge in [-0.05, 0) is 18.6 Å². The summed E-state index contributed by atoms with van der Waals surface area (Å²) in [7, 11) is -2.59. The fourth-order valence-corrected chi connectivity index (χ4v) is 2.75. The third kappa shape index (κ3) is 2.75. The number of nitrogens with zero attached hydrogens (tertiary/aromatic N) is 1. The zero-order valence-corrected chi connectivity index (χ0v) is 10.5. The molecule has 0 bridgehead atoms. The van der Waals surface area contributed by atoms with Crippen molar-refractivity contribution in [1.82, 2.24) is 4.41 Å². The molecule has 96 valence electrons. The number of sulfonamides is 1. The number of rotatable bonds is 5. The smallest absolute Gasteiger partial charge is 0.261 e. The quantitative estimate of drug-likeness (QED) is 0.460. The molecular weight excluding hydrogens is 244 g/mol. The molecule has 1 aromatic rings. The summed E-state index contributed by atoms with van der Waals surface area (Å²) in [5.41, 5.74) is 0. The molecule has 1 atom stereocenters. The van der Waals surface area contributed by atoms with Gasteiger partial charge in [0, 0.05) is 7.11 Å². The van der Waals surface area contributed by atoms with Crippen molar-refractivity contribution in [2.45, 2.75) is 24.5 Å². The normalized spacial score (nSPS) is 13.9. The SMILES string of the molecule is CCC(OC)N(N)S(=O)(=O)c1ccccc1O. The fraction of sp³-hybridized carbons (Fsp3) is 0.400. The maximum atomic E-state index is 12.1. The molecule has 0 aliphatic carbocycles. The second-order valence-electron chi connectivity index (χ2n) is 3.40. The van der Waals surface area contributed by atoms with Gasteiger partial charge in [-0.25, -0.2) is 8.42 Å². The lowest BCUT2D eigenvalue weighted by atomic mass is 10.3. The molecule has 0 heterocycles. The molecule has 6 nitrogen and oxygen atoms in total. The Morgan fingerprint density at radius 2 is 2.06 bits per heavy atom. The van der Waals surface area contributed by atoms with Gasteiger partial charge in [0.15, 0.2) is 0 Å². The molecule has 0 saturated carbocycles. The van der Waals surface area contributed by atoms with E-state index in [9.17, 15) is 13.5 Å². The molecule has 0 fully saturated rings. The summed E-state index contributed by atoms with van der Waals surface area (Å²) in [5.74, 6) is 5.19. The number of para-hydroxylation sites is 1. The Bertz CT molecular complexity index is 471. The second-order valence-corrected chi connectivity index (χ2v) is 5.21. The predicted octanol–water partition coefficient (Wildman–Crippen LogP) is 0.639. The zero-order chi connectivity index (χ0) is 13.1. The highest BCUT2D eigenvalue weighted by molar-refractivity contribution is 7.89. The van der Waals surface area contributed by atoms with Crippen molar-refractivity contribution < 1.29 is 18.3 Å². The first-order valence-electron chi connectivity index (χ1n) is 5.05. The number of ether oxygens (including phenoxy) is 1. The Hall–Kier alpha value is -1.15. The van der Waals surface area contributed by atoms with Crippen LogP contribution in [-0.2, 0) is 14.8 Å². The largest absolute Gasteiger partial charge is 0.507 e. The van der Waals surface area contributed by atoms with Gasteiger partial charge in [0.2, 0.25) is 0 Å². The topological polar surface area (TPSA) is 92.9 Å². The minimum absolute atomic E-state index is 0.238. The summed E-state index contributed by atoms with van der Waals surface area (Å²) in [4.78, 5) is -0.238. The highest BCUT2D eigenvalue weighted by Crippen LogP contribution is 2.25. The molecule has 0 aromatic heterocycles. The van der Waals surface area contributed by atoms with Crippen molar-refractivity contribution in [1.29, 1.82) is 0 Å². The summed E-state index contributed by atoms with van der Waals surface area (Å²) < 4.78 is 29.7. The number of phenols is 1. The number of hydrogen-bond donors (Lipinski definition) is 2. The van der Waals surface area contributed by atoms with Gasteiger partial charge in [-0.1, -0.05) is 19.1 Å². The Balaban J connectivity index is 3.16. The number of hydrogen-bond acceptors (Lipinski definition) is 5. The third-order valence-electron chi connectivity index (χ3n) is 2.33. The Morgan fingerprint density at radius 1 is 1.47 bits per heavy atom. The Labute approximate surface area is 101 Å². The number of nitrogens with two attached hydrogens (primary N) is 1. The molecule has 0 amide bonds. The van der Waals surface area contributed by atoms with E-state index in [4.69, 9.17) is 10.6 Å². The average molecular weight is 260 g/mol. The number of hydrazine groups is 1. The molecular formula is C10H16N2O4S. The molecule has 0 saturated heterocycles. The van der Waals surface area contributed by atoms with E-state index < -0.39 is 16.3 Å². The molecule has 1 rings (SSSR count). The highest BCUT2D eigenvalue weighted by Gasteiger charge is 2.29. The number of phenolic OH excluding ortho intramolecular Hbond substituents is 1. The first kappa shape index (κ1) is 13.9. The second kappa shape index (κ2) is 5.46. The monoisotopic (exact) mass is 260 g/mol.